The Morgan fingerprint density at radius 2 is 1.96 bits per heavy atom. The van der Waals surface area contributed by atoms with Crippen molar-refractivity contribution >= 4 is 11.0 Å². The Morgan fingerprint density at radius 3 is 2.77 bits per heavy atom. The van der Waals surface area contributed by atoms with Gasteiger partial charge in [-0.1, -0.05) is 54.6 Å². The first-order valence-corrected chi connectivity index (χ1v) is 9.47. The molecule has 1 aliphatic heterocycles. The standard InChI is InChI=1S/C21H27N5/c1-16-14-26(15-17-7-4-3-5-8-17)12-11-19(16)22-13-18-9-6-10-20-21(18)23-24-25(20)2/h3-10,16,19,22H,11-15H2,1-2H3. The number of hydrogen-bond donors (Lipinski definition) is 1. The summed E-state index contributed by atoms with van der Waals surface area (Å²) in [6.07, 6.45) is 1.18. The normalized spacial score (nSPS) is 21.3. The molecule has 1 N–H and O–H groups in total. The van der Waals surface area contributed by atoms with Crippen LogP contribution in [0.5, 0.6) is 0 Å². The van der Waals surface area contributed by atoms with Gasteiger partial charge in [0.25, 0.3) is 0 Å². The maximum Gasteiger partial charge on any atom is 0.117 e. The molecule has 0 amide bonds. The number of benzene rings is 2. The molecule has 2 atom stereocenters. The number of nitrogens with one attached hydrogen (secondary N) is 1. The van der Waals surface area contributed by atoms with Gasteiger partial charge in [0, 0.05) is 32.7 Å². The van der Waals surface area contributed by atoms with E-state index in [1.807, 2.05) is 11.7 Å². The summed E-state index contributed by atoms with van der Waals surface area (Å²) in [6.45, 7) is 6.55. The molecule has 0 radical (unpaired) electrons. The average Bonchev–Trinajstić information content (AvgIpc) is 3.04. The predicted molar refractivity (Wildman–Crippen MR) is 105 cm³/mol. The third-order valence-corrected chi connectivity index (χ3v) is 5.52. The SMILES string of the molecule is CC1CN(Cc2ccccc2)CCC1NCc1cccc2c1nnn2C. The summed E-state index contributed by atoms with van der Waals surface area (Å²) in [5.41, 5.74) is 4.74. The Bertz CT molecular complexity index is 857. The number of aryl methyl sites for hydroxylation is 1. The first-order chi connectivity index (χ1) is 12.7. The molecule has 0 spiro atoms. The summed E-state index contributed by atoms with van der Waals surface area (Å²) < 4.78 is 1.84. The maximum atomic E-state index is 4.32. The van der Waals surface area contributed by atoms with Gasteiger partial charge in [0.15, 0.2) is 0 Å². The molecule has 5 nitrogen and oxygen atoms in total. The molecule has 2 unspecified atom stereocenters. The lowest BCUT2D eigenvalue weighted by Gasteiger charge is -2.37. The van der Waals surface area contributed by atoms with Crippen LogP contribution < -0.4 is 5.32 Å². The van der Waals surface area contributed by atoms with Crippen LogP contribution in [-0.4, -0.2) is 39.0 Å². The van der Waals surface area contributed by atoms with Gasteiger partial charge in [0.05, 0.1) is 5.52 Å². The monoisotopic (exact) mass is 349 g/mol. The second-order valence-electron chi connectivity index (χ2n) is 7.47. The molecule has 1 aliphatic rings. The fraction of sp³-hybridized carbons (Fsp3) is 0.429. The Morgan fingerprint density at radius 1 is 1.12 bits per heavy atom. The lowest BCUT2D eigenvalue weighted by Crippen LogP contribution is -2.47. The molecule has 3 aromatic rings. The minimum absolute atomic E-state index is 0.550. The lowest BCUT2D eigenvalue weighted by molar-refractivity contribution is 0.140. The Hall–Kier alpha value is -2.24. The van der Waals surface area contributed by atoms with Gasteiger partial charge in [-0.2, -0.15) is 0 Å². The van der Waals surface area contributed by atoms with E-state index < -0.39 is 0 Å². The van der Waals surface area contributed by atoms with Crippen molar-refractivity contribution in [2.45, 2.75) is 32.5 Å². The zero-order chi connectivity index (χ0) is 17.9. The van der Waals surface area contributed by atoms with Gasteiger partial charge in [0.2, 0.25) is 0 Å². The highest BCUT2D eigenvalue weighted by atomic mass is 15.4. The molecule has 4 rings (SSSR count). The summed E-state index contributed by atoms with van der Waals surface area (Å²) in [6, 6.07) is 17.6. The highest BCUT2D eigenvalue weighted by molar-refractivity contribution is 5.77. The predicted octanol–water partition coefficient (Wildman–Crippen LogP) is 2.97. The molecule has 1 fully saturated rings. The molecule has 0 bridgehead atoms. The summed E-state index contributed by atoms with van der Waals surface area (Å²) in [4.78, 5) is 2.57. The van der Waals surface area contributed by atoms with Crippen molar-refractivity contribution in [1.29, 1.82) is 0 Å². The highest BCUT2D eigenvalue weighted by Gasteiger charge is 2.25. The van der Waals surface area contributed by atoms with Gasteiger partial charge in [0.1, 0.15) is 5.52 Å². The van der Waals surface area contributed by atoms with Crippen LogP contribution in [0.1, 0.15) is 24.5 Å². The van der Waals surface area contributed by atoms with Crippen LogP contribution in [0.4, 0.5) is 0 Å². The molecular weight excluding hydrogens is 322 g/mol. The summed E-state index contributed by atoms with van der Waals surface area (Å²) in [7, 11) is 1.94. The van der Waals surface area contributed by atoms with Crippen molar-refractivity contribution < 1.29 is 0 Å². The largest absolute Gasteiger partial charge is 0.309 e. The van der Waals surface area contributed by atoms with Crippen LogP contribution in [0.2, 0.25) is 0 Å². The number of hydrogen-bond acceptors (Lipinski definition) is 4. The van der Waals surface area contributed by atoms with Gasteiger partial charge in [-0.05, 0) is 36.1 Å². The topological polar surface area (TPSA) is 46.0 Å². The molecule has 2 heterocycles. The van der Waals surface area contributed by atoms with Crippen LogP contribution in [0.3, 0.4) is 0 Å². The van der Waals surface area contributed by atoms with E-state index in [1.54, 1.807) is 0 Å². The fourth-order valence-corrected chi connectivity index (χ4v) is 4.02. The minimum atomic E-state index is 0.550. The third kappa shape index (κ3) is 3.64. The van der Waals surface area contributed by atoms with Crippen LogP contribution in [0, 0.1) is 5.92 Å². The average molecular weight is 349 g/mol. The Balaban J connectivity index is 1.35. The molecular formula is C21H27N5. The van der Waals surface area contributed by atoms with Gasteiger partial charge < -0.3 is 5.32 Å². The van der Waals surface area contributed by atoms with Crippen molar-refractivity contribution in [2.75, 3.05) is 13.1 Å². The van der Waals surface area contributed by atoms with Crippen molar-refractivity contribution in [3.63, 3.8) is 0 Å². The molecule has 0 saturated carbocycles. The van der Waals surface area contributed by atoms with Crippen LogP contribution >= 0.6 is 0 Å². The van der Waals surface area contributed by atoms with Crippen LogP contribution in [0.15, 0.2) is 48.5 Å². The van der Waals surface area contributed by atoms with Crippen molar-refractivity contribution in [3.05, 3.63) is 59.7 Å². The van der Waals surface area contributed by atoms with Gasteiger partial charge >= 0.3 is 0 Å². The Kier molecular flexibility index (Phi) is 5.00. The minimum Gasteiger partial charge on any atom is -0.309 e. The second kappa shape index (κ2) is 7.56. The van der Waals surface area contributed by atoms with Crippen molar-refractivity contribution in [3.8, 4) is 0 Å². The molecule has 0 aliphatic carbocycles. The highest BCUT2D eigenvalue weighted by Crippen LogP contribution is 2.21. The third-order valence-electron chi connectivity index (χ3n) is 5.52. The first kappa shape index (κ1) is 17.2. The van der Waals surface area contributed by atoms with E-state index in [-0.39, 0.29) is 0 Å². The van der Waals surface area contributed by atoms with E-state index in [0.717, 1.165) is 37.2 Å². The number of rotatable bonds is 5. The summed E-state index contributed by atoms with van der Waals surface area (Å²) in [5, 5.41) is 12.2. The zero-order valence-corrected chi connectivity index (χ0v) is 15.6. The molecule has 5 heteroatoms. The van der Waals surface area contributed by atoms with E-state index in [9.17, 15) is 0 Å². The van der Waals surface area contributed by atoms with E-state index in [2.05, 4.69) is 76.0 Å². The molecule has 26 heavy (non-hydrogen) atoms. The molecule has 2 aromatic carbocycles. The van der Waals surface area contributed by atoms with E-state index >= 15 is 0 Å². The molecule has 1 aromatic heterocycles. The zero-order valence-electron chi connectivity index (χ0n) is 15.6. The number of aromatic nitrogens is 3. The van der Waals surface area contributed by atoms with E-state index in [0.29, 0.717) is 12.0 Å². The second-order valence-corrected chi connectivity index (χ2v) is 7.47. The number of piperidine rings is 1. The van der Waals surface area contributed by atoms with E-state index in [4.69, 9.17) is 0 Å². The molecule has 1 saturated heterocycles. The first-order valence-electron chi connectivity index (χ1n) is 9.47. The van der Waals surface area contributed by atoms with Crippen molar-refractivity contribution in [1.82, 2.24) is 25.2 Å². The number of likely N-dealkylation sites (tertiary alicyclic amines) is 1. The van der Waals surface area contributed by atoms with Crippen LogP contribution in [0.25, 0.3) is 11.0 Å². The molecule has 136 valence electrons. The smallest absolute Gasteiger partial charge is 0.117 e. The van der Waals surface area contributed by atoms with Crippen LogP contribution in [-0.2, 0) is 20.1 Å². The van der Waals surface area contributed by atoms with Gasteiger partial charge in [-0.25, -0.2) is 4.68 Å². The maximum absolute atomic E-state index is 4.32. The number of fused-ring (bicyclic) bond motifs is 1. The Labute approximate surface area is 155 Å². The summed E-state index contributed by atoms with van der Waals surface area (Å²) >= 11 is 0. The van der Waals surface area contributed by atoms with E-state index in [1.165, 1.54) is 17.5 Å². The van der Waals surface area contributed by atoms with Crippen molar-refractivity contribution in [2.24, 2.45) is 13.0 Å². The number of nitrogens with zero attached hydrogens (tertiary/aromatic N) is 4. The fourth-order valence-electron chi connectivity index (χ4n) is 4.02. The van der Waals surface area contributed by atoms with Gasteiger partial charge in [-0.15, -0.1) is 5.10 Å². The lowest BCUT2D eigenvalue weighted by atomic mass is 9.93. The quantitative estimate of drug-likeness (QED) is 0.769. The van der Waals surface area contributed by atoms with Gasteiger partial charge in [-0.3, -0.25) is 4.90 Å². The summed E-state index contributed by atoms with van der Waals surface area (Å²) in [5.74, 6) is 0.633.